The van der Waals surface area contributed by atoms with E-state index in [0.29, 0.717) is 28.3 Å². The molecule has 1 heterocycles. The Morgan fingerprint density at radius 2 is 1.71 bits per heavy atom. The number of hydrogen-bond acceptors (Lipinski definition) is 4. The fourth-order valence-electron chi connectivity index (χ4n) is 3.30. The van der Waals surface area contributed by atoms with Crippen molar-refractivity contribution in [1.29, 1.82) is 0 Å². The van der Waals surface area contributed by atoms with Crippen LogP contribution in [0.15, 0.2) is 78.0 Å². The highest BCUT2D eigenvalue weighted by atomic mass is 35.5. The van der Waals surface area contributed by atoms with E-state index in [2.05, 4.69) is 20.8 Å². The second-order valence-electron chi connectivity index (χ2n) is 7.60. The first-order valence-corrected chi connectivity index (χ1v) is 12.0. The number of aromatic nitrogens is 3. The van der Waals surface area contributed by atoms with Crippen molar-refractivity contribution in [2.75, 3.05) is 0 Å². The predicted molar refractivity (Wildman–Crippen MR) is 133 cm³/mol. The van der Waals surface area contributed by atoms with Crippen molar-refractivity contribution < 1.29 is 9.18 Å². The SMILES string of the molecule is Cc1ccc(Cl)cc1-n1c(CNC(=O)NCc2ccccc2)nnc1SCc1ccc(F)cc1. The molecule has 2 N–H and O–H groups in total. The van der Waals surface area contributed by atoms with Gasteiger partial charge in [-0.2, -0.15) is 0 Å². The molecule has 4 aromatic rings. The summed E-state index contributed by atoms with van der Waals surface area (Å²) in [5, 5.41) is 15.6. The average Bonchev–Trinajstić information content (AvgIpc) is 3.25. The third-order valence-corrected chi connectivity index (χ3v) is 6.33. The van der Waals surface area contributed by atoms with Gasteiger partial charge in [0.2, 0.25) is 0 Å². The van der Waals surface area contributed by atoms with Crippen molar-refractivity contribution >= 4 is 29.4 Å². The smallest absolute Gasteiger partial charge is 0.315 e. The fraction of sp³-hybridized carbons (Fsp3) is 0.160. The molecule has 0 saturated carbocycles. The van der Waals surface area contributed by atoms with Crippen molar-refractivity contribution in [3.8, 4) is 5.69 Å². The lowest BCUT2D eigenvalue weighted by Crippen LogP contribution is -2.35. The highest BCUT2D eigenvalue weighted by molar-refractivity contribution is 7.98. The van der Waals surface area contributed by atoms with Crippen LogP contribution in [0.25, 0.3) is 5.69 Å². The molecule has 1 aromatic heterocycles. The number of thioether (sulfide) groups is 1. The maximum absolute atomic E-state index is 13.2. The molecule has 0 radical (unpaired) electrons. The third kappa shape index (κ3) is 6.15. The summed E-state index contributed by atoms with van der Waals surface area (Å²) in [7, 11) is 0. The summed E-state index contributed by atoms with van der Waals surface area (Å²) in [5.74, 6) is 0.885. The zero-order chi connectivity index (χ0) is 23.9. The van der Waals surface area contributed by atoms with Crippen LogP contribution in [-0.2, 0) is 18.8 Å². The molecule has 0 spiro atoms. The van der Waals surface area contributed by atoms with Gasteiger partial charge in [-0.05, 0) is 47.9 Å². The minimum atomic E-state index is -0.304. The Balaban J connectivity index is 1.51. The Morgan fingerprint density at radius 1 is 0.971 bits per heavy atom. The van der Waals surface area contributed by atoms with Gasteiger partial charge in [0.1, 0.15) is 5.82 Å². The van der Waals surface area contributed by atoms with E-state index < -0.39 is 0 Å². The number of urea groups is 1. The van der Waals surface area contributed by atoms with Crippen LogP contribution < -0.4 is 10.6 Å². The van der Waals surface area contributed by atoms with Crippen molar-refractivity contribution in [2.24, 2.45) is 0 Å². The second kappa shape index (κ2) is 11.2. The minimum absolute atomic E-state index is 0.177. The zero-order valence-corrected chi connectivity index (χ0v) is 20.0. The summed E-state index contributed by atoms with van der Waals surface area (Å²) in [4.78, 5) is 12.4. The molecule has 2 amide bonds. The molecule has 3 aromatic carbocycles. The largest absolute Gasteiger partial charge is 0.334 e. The molecule has 9 heteroatoms. The number of nitrogens with zero attached hydrogens (tertiary/aromatic N) is 3. The Bertz CT molecular complexity index is 1260. The summed E-state index contributed by atoms with van der Waals surface area (Å²) in [6.07, 6.45) is 0. The molecule has 0 aliphatic heterocycles. The van der Waals surface area contributed by atoms with E-state index in [1.165, 1.54) is 23.9 Å². The molecule has 0 atom stereocenters. The number of carbonyl (C=O) groups excluding carboxylic acids is 1. The number of nitrogens with one attached hydrogen (secondary N) is 2. The van der Waals surface area contributed by atoms with Gasteiger partial charge < -0.3 is 10.6 Å². The van der Waals surface area contributed by atoms with Crippen molar-refractivity contribution in [3.63, 3.8) is 0 Å². The highest BCUT2D eigenvalue weighted by Crippen LogP contribution is 2.28. The quantitative estimate of drug-likeness (QED) is 0.309. The molecule has 6 nitrogen and oxygen atoms in total. The number of halogens is 2. The lowest BCUT2D eigenvalue weighted by molar-refractivity contribution is 0.240. The maximum atomic E-state index is 13.2. The highest BCUT2D eigenvalue weighted by Gasteiger charge is 2.17. The molecule has 174 valence electrons. The van der Waals surface area contributed by atoms with Gasteiger partial charge in [0.15, 0.2) is 11.0 Å². The number of aryl methyl sites for hydroxylation is 1. The van der Waals surface area contributed by atoms with Gasteiger partial charge >= 0.3 is 6.03 Å². The first-order valence-electron chi connectivity index (χ1n) is 10.6. The Morgan fingerprint density at radius 3 is 2.47 bits per heavy atom. The molecule has 0 unspecified atom stereocenters. The van der Waals surface area contributed by atoms with Crippen molar-refractivity contribution in [3.05, 3.63) is 106 Å². The van der Waals surface area contributed by atoms with Crippen LogP contribution in [0.2, 0.25) is 5.02 Å². The van der Waals surface area contributed by atoms with Crippen molar-refractivity contribution in [2.45, 2.75) is 30.9 Å². The number of hydrogen-bond donors (Lipinski definition) is 2. The number of amides is 2. The van der Waals surface area contributed by atoms with Crippen LogP contribution in [0.4, 0.5) is 9.18 Å². The lowest BCUT2D eigenvalue weighted by atomic mass is 10.2. The minimum Gasteiger partial charge on any atom is -0.334 e. The predicted octanol–water partition coefficient (Wildman–Crippen LogP) is 5.66. The Kier molecular flexibility index (Phi) is 7.82. The van der Waals surface area contributed by atoms with Crippen molar-refractivity contribution in [1.82, 2.24) is 25.4 Å². The van der Waals surface area contributed by atoms with Crippen LogP contribution in [0, 0.1) is 12.7 Å². The lowest BCUT2D eigenvalue weighted by Gasteiger charge is -2.14. The van der Waals surface area contributed by atoms with Gasteiger partial charge in [0.05, 0.1) is 12.2 Å². The van der Waals surface area contributed by atoms with E-state index in [9.17, 15) is 9.18 Å². The van der Waals surface area contributed by atoms with Gasteiger partial charge in [0.25, 0.3) is 0 Å². The van der Waals surface area contributed by atoms with Crippen LogP contribution in [0.1, 0.15) is 22.5 Å². The van der Waals surface area contributed by atoms with Crippen LogP contribution >= 0.6 is 23.4 Å². The van der Waals surface area contributed by atoms with E-state index in [-0.39, 0.29) is 18.4 Å². The Hall–Kier alpha value is -3.36. The molecule has 0 saturated heterocycles. The maximum Gasteiger partial charge on any atom is 0.315 e. The number of benzene rings is 3. The third-order valence-electron chi connectivity index (χ3n) is 5.10. The molecule has 0 fully saturated rings. The van der Waals surface area contributed by atoms with Gasteiger partial charge in [-0.3, -0.25) is 4.57 Å². The molecular weight excluding hydrogens is 473 g/mol. The van der Waals surface area contributed by atoms with E-state index >= 15 is 0 Å². The van der Waals surface area contributed by atoms with Gasteiger partial charge in [-0.15, -0.1) is 10.2 Å². The summed E-state index contributed by atoms with van der Waals surface area (Å²) in [6, 6.07) is 21.3. The Labute approximate surface area is 206 Å². The van der Waals surface area contributed by atoms with Crippen LogP contribution in [0.3, 0.4) is 0 Å². The summed E-state index contributed by atoms with van der Waals surface area (Å²) < 4.78 is 15.1. The van der Waals surface area contributed by atoms with Gasteiger partial charge in [-0.25, -0.2) is 9.18 Å². The normalized spacial score (nSPS) is 10.8. The van der Waals surface area contributed by atoms with Crippen LogP contribution in [-0.4, -0.2) is 20.8 Å². The topological polar surface area (TPSA) is 71.8 Å². The van der Waals surface area contributed by atoms with E-state index in [1.807, 2.05) is 60.0 Å². The molecule has 4 rings (SSSR count). The standard InChI is InChI=1S/C25H23ClFN5OS/c1-17-7-10-20(26)13-22(17)32-23(15-29-24(33)28-14-18-5-3-2-4-6-18)30-31-25(32)34-16-19-8-11-21(27)12-9-19/h2-13H,14-16H2,1H3,(H2,28,29,33). The fourth-order valence-corrected chi connectivity index (χ4v) is 4.39. The van der Waals surface area contributed by atoms with Crippen LogP contribution in [0.5, 0.6) is 0 Å². The van der Waals surface area contributed by atoms with E-state index in [0.717, 1.165) is 22.4 Å². The summed E-state index contributed by atoms with van der Waals surface area (Å²) in [6.45, 7) is 2.58. The summed E-state index contributed by atoms with van der Waals surface area (Å²) in [5.41, 5.74) is 3.79. The van der Waals surface area contributed by atoms with Gasteiger partial charge in [-0.1, -0.05) is 71.9 Å². The molecule has 0 aliphatic rings. The van der Waals surface area contributed by atoms with Gasteiger partial charge in [0, 0.05) is 17.3 Å². The monoisotopic (exact) mass is 495 g/mol. The number of carbonyl (C=O) groups is 1. The second-order valence-corrected chi connectivity index (χ2v) is 8.98. The molecule has 0 bridgehead atoms. The zero-order valence-electron chi connectivity index (χ0n) is 18.5. The average molecular weight is 496 g/mol. The first kappa shape index (κ1) is 23.8. The van der Waals surface area contributed by atoms with E-state index in [1.54, 1.807) is 12.1 Å². The molecule has 34 heavy (non-hydrogen) atoms. The van der Waals surface area contributed by atoms with E-state index in [4.69, 9.17) is 11.6 Å². The number of rotatable bonds is 8. The first-order chi connectivity index (χ1) is 16.5. The molecular formula is C25H23ClFN5OS. The molecule has 0 aliphatic carbocycles. The summed E-state index contributed by atoms with van der Waals surface area (Å²) >= 11 is 7.75.